The van der Waals surface area contributed by atoms with Crippen molar-refractivity contribution < 1.29 is 9.59 Å². The van der Waals surface area contributed by atoms with Crippen molar-refractivity contribution in [2.45, 2.75) is 39.3 Å². The number of aromatic nitrogens is 3. The summed E-state index contributed by atoms with van der Waals surface area (Å²) >= 11 is 0. The third kappa shape index (κ3) is 4.80. The van der Waals surface area contributed by atoms with E-state index in [4.69, 9.17) is 0 Å². The molecule has 0 bridgehead atoms. The highest BCUT2D eigenvalue weighted by molar-refractivity contribution is 5.93. The number of anilines is 1. The van der Waals surface area contributed by atoms with E-state index in [1.807, 2.05) is 13.8 Å². The molecule has 8 heteroatoms. The minimum atomic E-state index is -0.629. The first-order chi connectivity index (χ1) is 11.5. The summed E-state index contributed by atoms with van der Waals surface area (Å²) in [6.07, 6.45) is 5.80. The van der Waals surface area contributed by atoms with Crippen molar-refractivity contribution in [3.63, 3.8) is 0 Å². The molecule has 0 saturated heterocycles. The van der Waals surface area contributed by atoms with Crippen molar-refractivity contribution in [1.29, 1.82) is 0 Å². The Kier molecular flexibility index (Phi) is 5.89. The molecule has 3 amide bonds. The molecule has 2 rings (SSSR count). The van der Waals surface area contributed by atoms with Crippen molar-refractivity contribution >= 4 is 17.6 Å². The van der Waals surface area contributed by atoms with Gasteiger partial charge in [0.1, 0.15) is 6.04 Å². The van der Waals surface area contributed by atoms with Crippen LogP contribution in [0.3, 0.4) is 0 Å². The monoisotopic (exact) mass is 330 g/mol. The second kappa shape index (κ2) is 8.09. The zero-order chi connectivity index (χ0) is 17.5. The van der Waals surface area contributed by atoms with Crippen molar-refractivity contribution in [2.24, 2.45) is 0 Å². The average molecular weight is 330 g/mol. The Bertz CT molecular complexity index is 668. The van der Waals surface area contributed by atoms with Gasteiger partial charge in [-0.05, 0) is 38.5 Å². The second-order valence-corrected chi connectivity index (χ2v) is 5.49. The largest absolute Gasteiger partial charge is 0.352 e. The van der Waals surface area contributed by atoms with Crippen LogP contribution in [0.5, 0.6) is 0 Å². The van der Waals surface area contributed by atoms with Crippen molar-refractivity contribution in [1.82, 2.24) is 25.4 Å². The highest BCUT2D eigenvalue weighted by atomic mass is 16.2. The maximum atomic E-state index is 11.9. The number of pyridine rings is 1. The average Bonchev–Trinajstić information content (AvgIpc) is 3.09. The number of urea groups is 1. The van der Waals surface area contributed by atoms with Gasteiger partial charge in [0.25, 0.3) is 0 Å². The van der Waals surface area contributed by atoms with E-state index in [0.717, 1.165) is 6.42 Å². The molecular weight excluding hydrogens is 308 g/mol. The first-order valence-corrected chi connectivity index (χ1v) is 7.83. The SMILES string of the molecule is CC[C@@H](C)NC(=O)[C@@H](C)NC(=O)Nc1ccc(-n2cccn2)nc1. The molecule has 2 atom stereocenters. The number of carbonyl (C=O) groups excluding carboxylic acids is 2. The van der Waals surface area contributed by atoms with Gasteiger partial charge in [-0.3, -0.25) is 4.79 Å². The van der Waals surface area contributed by atoms with Crippen LogP contribution in [-0.2, 0) is 4.79 Å². The van der Waals surface area contributed by atoms with Gasteiger partial charge in [-0.25, -0.2) is 14.5 Å². The fourth-order valence-corrected chi connectivity index (χ4v) is 1.90. The fourth-order valence-electron chi connectivity index (χ4n) is 1.90. The van der Waals surface area contributed by atoms with Gasteiger partial charge in [0, 0.05) is 18.4 Å². The maximum absolute atomic E-state index is 11.9. The molecule has 3 N–H and O–H groups in total. The first kappa shape index (κ1) is 17.5. The Morgan fingerprint density at radius 3 is 2.62 bits per heavy atom. The van der Waals surface area contributed by atoms with E-state index < -0.39 is 12.1 Å². The lowest BCUT2D eigenvalue weighted by Gasteiger charge is -2.17. The van der Waals surface area contributed by atoms with Crippen LogP contribution in [0.15, 0.2) is 36.8 Å². The summed E-state index contributed by atoms with van der Waals surface area (Å²) in [6, 6.07) is 4.23. The van der Waals surface area contributed by atoms with Crippen LogP contribution in [0.2, 0.25) is 0 Å². The Morgan fingerprint density at radius 2 is 2.04 bits per heavy atom. The molecule has 0 aliphatic heterocycles. The van der Waals surface area contributed by atoms with Crippen LogP contribution < -0.4 is 16.0 Å². The Morgan fingerprint density at radius 1 is 1.25 bits per heavy atom. The molecular formula is C16H22N6O2. The van der Waals surface area contributed by atoms with Gasteiger partial charge in [-0.15, -0.1) is 0 Å². The van der Waals surface area contributed by atoms with E-state index in [0.29, 0.717) is 11.5 Å². The molecule has 0 spiro atoms. The predicted molar refractivity (Wildman–Crippen MR) is 90.9 cm³/mol. The maximum Gasteiger partial charge on any atom is 0.319 e. The molecule has 0 radical (unpaired) electrons. The van der Waals surface area contributed by atoms with E-state index in [1.165, 1.54) is 6.20 Å². The van der Waals surface area contributed by atoms with Gasteiger partial charge >= 0.3 is 6.03 Å². The van der Waals surface area contributed by atoms with Crippen molar-refractivity contribution in [3.05, 3.63) is 36.8 Å². The minimum absolute atomic E-state index is 0.0730. The lowest BCUT2D eigenvalue weighted by molar-refractivity contribution is -0.123. The Balaban J connectivity index is 1.87. The van der Waals surface area contributed by atoms with Gasteiger partial charge in [-0.2, -0.15) is 5.10 Å². The molecule has 0 aliphatic carbocycles. The number of rotatable bonds is 6. The minimum Gasteiger partial charge on any atom is -0.352 e. The van der Waals surface area contributed by atoms with Crippen LogP contribution in [-0.4, -0.2) is 38.8 Å². The summed E-state index contributed by atoms with van der Waals surface area (Å²) in [5, 5.41) is 12.1. The molecule has 2 aromatic heterocycles. The third-order valence-electron chi connectivity index (χ3n) is 3.49. The summed E-state index contributed by atoms with van der Waals surface area (Å²) < 4.78 is 1.62. The van der Waals surface area contributed by atoms with E-state index in [-0.39, 0.29) is 11.9 Å². The molecule has 2 aromatic rings. The van der Waals surface area contributed by atoms with Crippen LogP contribution in [0.1, 0.15) is 27.2 Å². The molecule has 0 saturated carbocycles. The molecule has 8 nitrogen and oxygen atoms in total. The first-order valence-electron chi connectivity index (χ1n) is 7.83. The standard InChI is InChI=1S/C16H22N6O2/c1-4-11(2)19-15(23)12(3)20-16(24)21-13-6-7-14(17-10-13)22-9-5-8-18-22/h5-12H,4H2,1-3H3,(H,19,23)(H2,20,21,24)/t11-,12-/m1/s1. The molecule has 0 aliphatic rings. The summed E-state index contributed by atoms with van der Waals surface area (Å²) in [7, 11) is 0. The van der Waals surface area contributed by atoms with E-state index >= 15 is 0 Å². The number of hydrogen-bond acceptors (Lipinski definition) is 4. The molecule has 0 fully saturated rings. The highest BCUT2D eigenvalue weighted by Gasteiger charge is 2.16. The quantitative estimate of drug-likeness (QED) is 0.750. The predicted octanol–water partition coefficient (Wildman–Crippen LogP) is 1.69. The van der Waals surface area contributed by atoms with Crippen LogP contribution in [0.4, 0.5) is 10.5 Å². The van der Waals surface area contributed by atoms with Crippen LogP contribution in [0.25, 0.3) is 5.82 Å². The van der Waals surface area contributed by atoms with Gasteiger partial charge in [0.2, 0.25) is 5.91 Å². The van der Waals surface area contributed by atoms with Gasteiger partial charge < -0.3 is 16.0 Å². The van der Waals surface area contributed by atoms with Crippen LogP contribution in [0, 0.1) is 0 Å². The highest BCUT2D eigenvalue weighted by Crippen LogP contribution is 2.08. The van der Waals surface area contributed by atoms with E-state index in [2.05, 4.69) is 26.0 Å². The van der Waals surface area contributed by atoms with Crippen LogP contribution >= 0.6 is 0 Å². The molecule has 24 heavy (non-hydrogen) atoms. The molecule has 128 valence electrons. The number of amides is 3. The van der Waals surface area contributed by atoms with Crippen molar-refractivity contribution in [3.8, 4) is 5.82 Å². The van der Waals surface area contributed by atoms with E-state index in [1.54, 1.807) is 42.2 Å². The summed E-state index contributed by atoms with van der Waals surface area (Å²) in [5.74, 6) is 0.430. The molecule has 2 heterocycles. The lowest BCUT2D eigenvalue weighted by Crippen LogP contribution is -2.48. The number of carbonyl (C=O) groups is 2. The number of hydrogen-bond donors (Lipinski definition) is 3. The smallest absolute Gasteiger partial charge is 0.319 e. The van der Waals surface area contributed by atoms with Gasteiger partial charge in [-0.1, -0.05) is 6.92 Å². The second-order valence-electron chi connectivity index (χ2n) is 5.49. The molecule has 0 unspecified atom stereocenters. The summed E-state index contributed by atoms with van der Waals surface area (Å²) in [6.45, 7) is 5.53. The Hall–Kier alpha value is -2.90. The molecule has 0 aromatic carbocycles. The van der Waals surface area contributed by atoms with Gasteiger partial charge in [0.15, 0.2) is 5.82 Å². The number of nitrogens with zero attached hydrogens (tertiary/aromatic N) is 3. The van der Waals surface area contributed by atoms with E-state index in [9.17, 15) is 9.59 Å². The number of nitrogens with one attached hydrogen (secondary N) is 3. The Labute approximate surface area is 140 Å². The summed E-state index contributed by atoms with van der Waals surface area (Å²) in [5.41, 5.74) is 0.526. The normalized spacial score (nSPS) is 13.0. The lowest BCUT2D eigenvalue weighted by atomic mass is 10.2. The zero-order valence-electron chi connectivity index (χ0n) is 14.0. The van der Waals surface area contributed by atoms with Gasteiger partial charge in [0.05, 0.1) is 11.9 Å². The fraction of sp³-hybridized carbons (Fsp3) is 0.375. The summed E-state index contributed by atoms with van der Waals surface area (Å²) in [4.78, 5) is 28.1. The topological polar surface area (TPSA) is 101 Å². The van der Waals surface area contributed by atoms with Crippen molar-refractivity contribution in [2.75, 3.05) is 5.32 Å². The third-order valence-corrected chi connectivity index (χ3v) is 3.49. The zero-order valence-corrected chi connectivity index (χ0v) is 14.0.